The first-order valence-electron chi connectivity index (χ1n) is 5.28. The van der Waals surface area contributed by atoms with E-state index in [-0.39, 0.29) is 18.4 Å². The molecule has 1 aromatic carbocycles. The summed E-state index contributed by atoms with van der Waals surface area (Å²) in [6, 6.07) is 5.80. The summed E-state index contributed by atoms with van der Waals surface area (Å²) in [5.74, 6) is 0.413. The fraction of sp³-hybridized carbons (Fsp3) is 0.417. The monoisotopic (exact) mass is 222 g/mol. The molecule has 4 nitrogen and oxygen atoms in total. The lowest BCUT2D eigenvalue weighted by Gasteiger charge is -2.11. The highest BCUT2D eigenvalue weighted by atomic mass is 16.5. The van der Waals surface area contributed by atoms with Gasteiger partial charge in [-0.3, -0.25) is 4.79 Å². The van der Waals surface area contributed by atoms with E-state index in [1.54, 1.807) is 0 Å². The summed E-state index contributed by atoms with van der Waals surface area (Å²) >= 11 is 0. The molecule has 0 aliphatic rings. The topological polar surface area (TPSA) is 78.3 Å². The maximum absolute atomic E-state index is 10.5. The van der Waals surface area contributed by atoms with Gasteiger partial charge < -0.3 is 16.2 Å². The maximum atomic E-state index is 10.5. The van der Waals surface area contributed by atoms with Crippen LogP contribution in [0.5, 0.6) is 5.75 Å². The Balaban J connectivity index is 2.64. The minimum absolute atomic E-state index is 0.0124. The molecule has 1 unspecified atom stereocenters. The third-order valence-corrected chi connectivity index (χ3v) is 2.33. The summed E-state index contributed by atoms with van der Waals surface area (Å²) in [4.78, 5) is 10.5. The van der Waals surface area contributed by atoms with Crippen molar-refractivity contribution in [1.29, 1.82) is 0 Å². The van der Waals surface area contributed by atoms with Gasteiger partial charge in [0.2, 0.25) is 5.91 Å². The van der Waals surface area contributed by atoms with E-state index in [4.69, 9.17) is 16.2 Å². The highest BCUT2D eigenvalue weighted by Gasteiger charge is 2.04. The number of ether oxygens (including phenoxy) is 1. The van der Waals surface area contributed by atoms with E-state index >= 15 is 0 Å². The zero-order valence-corrected chi connectivity index (χ0v) is 9.69. The van der Waals surface area contributed by atoms with Crippen LogP contribution in [0.1, 0.15) is 30.5 Å². The van der Waals surface area contributed by atoms with E-state index in [1.165, 1.54) is 0 Å². The average molecular weight is 222 g/mol. The van der Waals surface area contributed by atoms with Crippen LogP contribution in [0.3, 0.4) is 0 Å². The number of carbonyl (C=O) groups is 1. The van der Waals surface area contributed by atoms with E-state index in [0.717, 1.165) is 16.9 Å². The molecule has 0 saturated heterocycles. The number of benzene rings is 1. The Morgan fingerprint density at radius 2 is 2.19 bits per heavy atom. The molecule has 4 N–H and O–H groups in total. The Kier molecular flexibility index (Phi) is 4.31. The third-order valence-electron chi connectivity index (χ3n) is 2.33. The van der Waals surface area contributed by atoms with E-state index in [9.17, 15) is 4.79 Å². The highest BCUT2D eigenvalue weighted by Crippen LogP contribution is 2.21. The quantitative estimate of drug-likeness (QED) is 0.787. The van der Waals surface area contributed by atoms with Crippen molar-refractivity contribution in [2.24, 2.45) is 11.5 Å². The van der Waals surface area contributed by atoms with Gasteiger partial charge in [0.15, 0.2) is 0 Å². The fourth-order valence-corrected chi connectivity index (χ4v) is 1.38. The van der Waals surface area contributed by atoms with Crippen molar-refractivity contribution < 1.29 is 9.53 Å². The number of aryl methyl sites for hydroxylation is 1. The molecule has 0 spiro atoms. The van der Waals surface area contributed by atoms with Crippen LogP contribution >= 0.6 is 0 Å². The summed E-state index contributed by atoms with van der Waals surface area (Å²) in [6.45, 7) is 4.20. The Morgan fingerprint density at radius 3 is 2.69 bits per heavy atom. The SMILES string of the molecule is Cc1cc(C(C)N)ccc1OCCC(N)=O. The second-order valence-electron chi connectivity index (χ2n) is 3.88. The summed E-state index contributed by atoms with van der Waals surface area (Å²) in [6.07, 6.45) is 0.231. The molecule has 1 rings (SSSR count). The van der Waals surface area contributed by atoms with Crippen LogP contribution in [0.4, 0.5) is 0 Å². The van der Waals surface area contributed by atoms with Gasteiger partial charge in [0.25, 0.3) is 0 Å². The predicted octanol–water partition coefficient (Wildman–Crippen LogP) is 1.27. The average Bonchev–Trinajstić information content (AvgIpc) is 2.19. The van der Waals surface area contributed by atoms with Crippen molar-refractivity contribution in [2.45, 2.75) is 26.3 Å². The van der Waals surface area contributed by atoms with Crippen LogP contribution in [0.15, 0.2) is 18.2 Å². The van der Waals surface area contributed by atoms with Gasteiger partial charge in [-0.15, -0.1) is 0 Å². The fourth-order valence-electron chi connectivity index (χ4n) is 1.38. The smallest absolute Gasteiger partial charge is 0.220 e. The Hall–Kier alpha value is -1.55. The number of amides is 1. The molecule has 88 valence electrons. The van der Waals surface area contributed by atoms with Gasteiger partial charge in [-0.25, -0.2) is 0 Å². The summed E-state index contributed by atoms with van der Waals surface area (Å²) in [5.41, 5.74) is 12.9. The molecule has 0 heterocycles. The molecule has 0 bridgehead atoms. The van der Waals surface area contributed by atoms with E-state index in [1.807, 2.05) is 32.0 Å². The van der Waals surface area contributed by atoms with Crippen molar-refractivity contribution in [3.05, 3.63) is 29.3 Å². The van der Waals surface area contributed by atoms with Gasteiger partial charge in [0.05, 0.1) is 13.0 Å². The molecule has 16 heavy (non-hydrogen) atoms. The van der Waals surface area contributed by atoms with Gasteiger partial charge in [0.1, 0.15) is 5.75 Å². The predicted molar refractivity (Wildman–Crippen MR) is 63.1 cm³/mol. The summed E-state index contributed by atoms with van der Waals surface area (Å²) in [7, 11) is 0. The molecular weight excluding hydrogens is 204 g/mol. The molecular formula is C12H18N2O2. The van der Waals surface area contributed by atoms with Gasteiger partial charge in [-0.1, -0.05) is 12.1 Å². The Morgan fingerprint density at radius 1 is 1.50 bits per heavy atom. The highest BCUT2D eigenvalue weighted by molar-refractivity contribution is 5.73. The van der Waals surface area contributed by atoms with Crippen molar-refractivity contribution in [3.8, 4) is 5.75 Å². The van der Waals surface area contributed by atoms with Crippen LogP contribution in [0.25, 0.3) is 0 Å². The lowest BCUT2D eigenvalue weighted by molar-refractivity contribution is -0.118. The normalized spacial score (nSPS) is 12.2. The summed E-state index contributed by atoms with van der Waals surface area (Å²) in [5, 5.41) is 0. The second kappa shape index (κ2) is 5.51. The Bertz CT molecular complexity index is 375. The third kappa shape index (κ3) is 3.55. The molecule has 0 aliphatic heterocycles. The van der Waals surface area contributed by atoms with E-state index in [0.29, 0.717) is 6.61 Å². The van der Waals surface area contributed by atoms with Gasteiger partial charge in [-0.05, 0) is 31.0 Å². The number of nitrogens with two attached hydrogens (primary N) is 2. The van der Waals surface area contributed by atoms with Crippen molar-refractivity contribution in [3.63, 3.8) is 0 Å². The molecule has 0 aliphatic carbocycles. The summed E-state index contributed by atoms with van der Waals surface area (Å²) < 4.78 is 5.44. The van der Waals surface area contributed by atoms with Crippen LogP contribution in [0.2, 0.25) is 0 Å². The second-order valence-corrected chi connectivity index (χ2v) is 3.88. The molecule has 0 saturated carbocycles. The number of hydrogen-bond acceptors (Lipinski definition) is 3. The largest absolute Gasteiger partial charge is 0.493 e. The van der Waals surface area contributed by atoms with E-state index in [2.05, 4.69) is 0 Å². The molecule has 0 fully saturated rings. The zero-order chi connectivity index (χ0) is 12.1. The molecule has 0 aromatic heterocycles. The van der Waals surface area contributed by atoms with Gasteiger partial charge in [-0.2, -0.15) is 0 Å². The molecule has 0 radical (unpaired) electrons. The van der Waals surface area contributed by atoms with Crippen molar-refractivity contribution in [1.82, 2.24) is 0 Å². The van der Waals surface area contributed by atoms with Crippen LogP contribution in [0, 0.1) is 6.92 Å². The minimum Gasteiger partial charge on any atom is -0.493 e. The first kappa shape index (κ1) is 12.5. The first-order valence-corrected chi connectivity index (χ1v) is 5.28. The standard InChI is InChI=1S/C12H18N2O2/c1-8-7-10(9(2)13)3-4-11(8)16-6-5-12(14)15/h3-4,7,9H,5-6,13H2,1-2H3,(H2,14,15). The molecule has 1 atom stereocenters. The van der Waals surface area contributed by atoms with Gasteiger partial charge in [0, 0.05) is 6.04 Å². The van der Waals surface area contributed by atoms with Crippen LogP contribution in [-0.2, 0) is 4.79 Å². The number of rotatable bonds is 5. The van der Waals surface area contributed by atoms with Gasteiger partial charge >= 0.3 is 0 Å². The molecule has 1 amide bonds. The molecule has 1 aromatic rings. The number of primary amides is 1. The number of carbonyl (C=O) groups excluding carboxylic acids is 1. The lowest BCUT2D eigenvalue weighted by Crippen LogP contribution is -2.15. The maximum Gasteiger partial charge on any atom is 0.220 e. The zero-order valence-electron chi connectivity index (χ0n) is 9.69. The van der Waals surface area contributed by atoms with Crippen molar-refractivity contribution in [2.75, 3.05) is 6.61 Å². The lowest BCUT2D eigenvalue weighted by atomic mass is 10.1. The van der Waals surface area contributed by atoms with E-state index < -0.39 is 0 Å². The minimum atomic E-state index is -0.357. The van der Waals surface area contributed by atoms with Crippen LogP contribution < -0.4 is 16.2 Å². The first-order chi connectivity index (χ1) is 7.50. The molecule has 4 heteroatoms. The number of hydrogen-bond donors (Lipinski definition) is 2. The van der Waals surface area contributed by atoms with Crippen LogP contribution in [-0.4, -0.2) is 12.5 Å². The van der Waals surface area contributed by atoms with Crippen molar-refractivity contribution >= 4 is 5.91 Å². The Labute approximate surface area is 95.6 Å².